The molecule has 1 aromatic rings. The number of carbonyl (C=O) groups excluding carboxylic acids is 2. The van der Waals surface area contributed by atoms with Gasteiger partial charge in [-0.25, -0.2) is 0 Å². The van der Waals surface area contributed by atoms with E-state index in [1.165, 1.54) is 12.8 Å². The Morgan fingerprint density at radius 2 is 1.42 bits per heavy atom. The maximum Gasteiger partial charge on any atom is 0.305 e. The van der Waals surface area contributed by atoms with Gasteiger partial charge in [-0.1, -0.05) is 56.5 Å². The summed E-state index contributed by atoms with van der Waals surface area (Å²) in [5.74, 6) is -0.359. The third-order valence-corrected chi connectivity index (χ3v) is 3.77. The highest BCUT2D eigenvalue weighted by molar-refractivity contribution is 5.70. The number of hydrogen-bond donors (Lipinski definition) is 0. The van der Waals surface area contributed by atoms with Gasteiger partial charge in [-0.2, -0.15) is 0 Å². The van der Waals surface area contributed by atoms with E-state index >= 15 is 0 Å². The van der Waals surface area contributed by atoms with Gasteiger partial charge in [0.25, 0.3) is 0 Å². The molecule has 4 heteroatoms. The first-order chi connectivity index (χ1) is 11.7. The van der Waals surface area contributed by atoms with Crippen LogP contribution in [-0.4, -0.2) is 25.2 Å². The summed E-state index contributed by atoms with van der Waals surface area (Å²) in [5.41, 5.74) is 1.16. The maximum atomic E-state index is 11.6. The van der Waals surface area contributed by atoms with Gasteiger partial charge in [0.05, 0.1) is 13.2 Å². The molecule has 1 aromatic carbocycles. The van der Waals surface area contributed by atoms with Gasteiger partial charge in [0.1, 0.15) is 0 Å². The molecule has 0 amide bonds. The minimum absolute atomic E-state index is 0.163. The first-order valence-corrected chi connectivity index (χ1v) is 9.07. The number of unbranched alkanes of at least 4 members (excludes halogenated alkanes) is 4. The molecule has 0 aliphatic rings. The molecule has 24 heavy (non-hydrogen) atoms. The van der Waals surface area contributed by atoms with Gasteiger partial charge in [0, 0.05) is 19.3 Å². The Bertz CT molecular complexity index is 456. The van der Waals surface area contributed by atoms with Crippen molar-refractivity contribution in [3.05, 3.63) is 35.9 Å². The van der Waals surface area contributed by atoms with E-state index in [0.29, 0.717) is 38.9 Å². The highest BCUT2D eigenvalue weighted by Crippen LogP contribution is 2.05. The number of rotatable bonds is 13. The topological polar surface area (TPSA) is 52.6 Å². The normalized spacial score (nSPS) is 10.4. The van der Waals surface area contributed by atoms with Gasteiger partial charge >= 0.3 is 11.9 Å². The van der Waals surface area contributed by atoms with Crippen LogP contribution in [0, 0.1) is 0 Å². The summed E-state index contributed by atoms with van der Waals surface area (Å²) in [6, 6.07) is 9.94. The Balaban J connectivity index is 1.94. The van der Waals surface area contributed by atoms with Crippen LogP contribution >= 0.6 is 0 Å². The van der Waals surface area contributed by atoms with Crippen molar-refractivity contribution in [1.82, 2.24) is 0 Å². The summed E-state index contributed by atoms with van der Waals surface area (Å²) >= 11 is 0. The molecule has 0 unspecified atom stereocenters. The summed E-state index contributed by atoms with van der Waals surface area (Å²) in [5, 5.41) is 0. The van der Waals surface area contributed by atoms with Crippen LogP contribution in [0.15, 0.2) is 30.3 Å². The fourth-order valence-corrected chi connectivity index (χ4v) is 2.33. The Labute approximate surface area is 145 Å². The molecule has 0 saturated heterocycles. The second-order valence-electron chi connectivity index (χ2n) is 5.94. The molecule has 0 aromatic heterocycles. The molecule has 134 valence electrons. The third kappa shape index (κ3) is 10.8. The first kappa shape index (κ1) is 20.2. The van der Waals surface area contributed by atoms with Crippen LogP contribution < -0.4 is 0 Å². The molecular weight excluding hydrogens is 304 g/mol. The molecule has 1 rings (SSSR count). The fourth-order valence-electron chi connectivity index (χ4n) is 2.33. The first-order valence-electron chi connectivity index (χ1n) is 9.07. The lowest BCUT2D eigenvalue weighted by Gasteiger charge is -2.06. The number of ether oxygens (including phenoxy) is 2. The highest BCUT2D eigenvalue weighted by atomic mass is 16.5. The Morgan fingerprint density at radius 3 is 2.04 bits per heavy atom. The van der Waals surface area contributed by atoms with E-state index in [0.717, 1.165) is 24.8 Å². The molecule has 0 atom stereocenters. The van der Waals surface area contributed by atoms with Gasteiger partial charge < -0.3 is 9.47 Å². The van der Waals surface area contributed by atoms with E-state index in [4.69, 9.17) is 9.47 Å². The molecule has 0 fully saturated rings. The molecule has 0 aliphatic carbocycles. The Hall–Kier alpha value is -1.84. The number of carbonyl (C=O) groups is 2. The second-order valence-corrected chi connectivity index (χ2v) is 5.94. The van der Waals surface area contributed by atoms with Crippen LogP contribution in [-0.2, 0) is 25.5 Å². The molecule has 0 bridgehead atoms. The van der Waals surface area contributed by atoms with Gasteiger partial charge in [0.15, 0.2) is 0 Å². The van der Waals surface area contributed by atoms with E-state index in [9.17, 15) is 9.59 Å². The molecule has 0 radical (unpaired) electrons. The lowest BCUT2D eigenvalue weighted by atomic mass is 10.2. The lowest BCUT2D eigenvalue weighted by molar-refractivity contribution is -0.146. The van der Waals surface area contributed by atoms with Gasteiger partial charge in [0.2, 0.25) is 0 Å². The molecule has 4 nitrogen and oxygen atoms in total. The van der Waals surface area contributed by atoms with Crippen LogP contribution in [0.4, 0.5) is 0 Å². The number of esters is 2. The van der Waals surface area contributed by atoms with Crippen LogP contribution in [0.5, 0.6) is 0 Å². The summed E-state index contributed by atoms with van der Waals surface area (Å²) < 4.78 is 10.4. The molecule has 0 spiro atoms. The van der Waals surface area contributed by atoms with E-state index in [2.05, 4.69) is 6.92 Å². The van der Waals surface area contributed by atoms with Crippen LogP contribution in [0.3, 0.4) is 0 Å². The monoisotopic (exact) mass is 334 g/mol. The molecule has 0 heterocycles. The van der Waals surface area contributed by atoms with Gasteiger partial charge in [-0.05, 0) is 24.8 Å². The Kier molecular flexibility index (Phi) is 11.4. The summed E-state index contributed by atoms with van der Waals surface area (Å²) in [7, 11) is 0. The SMILES string of the molecule is CCCCCCOC(=O)CCCCC(=O)OCCc1ccccc1. The average molecular weight is 334 g/mol. The highest BCUT2D eigenvalue weighted by Gasteiger charge is 2.06. The fraction of sp³-hybridized carbons (Fsp3) is 0.600. The summed E-state index contributed by atoms with van der Waals surface area (Å²) in [4.78, 5) is 23.1. The summed E-state index contributed by atoms with van der Waals surface area (Å²) in [6.07, 6.45) is 7.21. The predicted octanol–water partition coefficient (Wildman–Crippen LogP) is 4.46. The lowest BCUT2D eigenvalue weighted by Crippen LogP contribution is -2.09. The van der Waals surface area contributed by atoms with Crippen LogP contribution in [0.1, 0.15) is 63.9 Å². The minimum atomic E-state index is -0.195. The van der Waals surface area contributed by atoms with E-state index < -0.39 is 0 Å². The number of benzene rings is 1. The number of hydrogen-bond acceptors (Lipinski definition) is 4. The Morgan fingerprint density at radius 1 is 0.792 bits per heavy atom. The summed E-state index contributed by atoms with van der Waals surface area (Å²) in [6.45, 7) is 3.07. The van der Waals surface area contributed by atoms with Gasteiger partial charge in [-0.3, -0.25) is 9.59 Å². The van der Waals surface area contributed by atoms with Crippen molar-refractivity contribution in [2.75, 3.05) is 13.2 Å². The average Bonchev–Trinajstić information content (AvgIpc) is 2.59. The van der Waals surface area contributed by atoms with E-state index in [1.54, 1.807) is 0 Å². The van der Waals surface area contributed by atoms with Crippen LogP contribution in [0.25, 0.3) is 0 Å². The van der Waals surface area contributed by atoms with Gasteiger partial charge in [-0.15, -0.1) is 0 Å². The smallest absolute Gasteiger partial charge is 0.305 e. The third-order valence-electron chi connectivity index (χ3n) is 3.77. The molecule has 0 aliphatic heterocycles. The maximum absolute atomic E-state index is 11.6. The van der Waals surface area contributed by atoms with Crippen molar-refractivity contribution < 1.29 is 19.1 Å². The van der Waals surface area contributed by atoms with Crippen LogP contribution in [0.2, 0.25) is 0 Å². The van der Waals surface area contributed by atoms with Crippen molar-refractivity contribution in [2.24, 2.45) is 0 Å². The minimum Gasteiger partial charge on any atom is -0.466 e. The zero-order chi connectivity index (χ0) is 17.5. The van der Waals surface area contributed by atoms with Crippen molar-refractivity contribution in [3.8, 4) is 0 Å². The largest absolute Gasteiger partial charge is 0.466 e. The standard InChI is InChI=1S/C20H30O4/c1-2-3-4-10-16-23-19(21)13-8-9-14-20(22)24-17-15-18-11-6-5-7-12-18/h5-7,11-12H,2-4,8-10,13-17H2,1H3. The van der Waals surface area contributed by atoms with E-state index in [1.807, 2.05) is 30.3 Å². The zero-order valence-electron chi connectivity index (χ0n) is 14.8. The van der Waals surface area contributed by atoms with Crippen molar-refractivity contribution >= 4 is 11.9 Å². The molecular formula is C20H30O4. The predicted molar refractivity (Wildman–Crippen MR) is 94.7 cm³/mol. The van der Waals surface area contributed by atoms with Crippen molar-refractivity contribution in [1.29, 1.82) is 0 Å². The molecule has 0 saturated carbocycles. The quantitative estimate of drug-likeness (QED) is 0.395. The zero-order valence-corrected chi connectivity index (χ0v) is 14.8. The van der Waals surface area contributed by atoms with Crippen molar-refractivity contribution in [3.63, 3.8) is 0 Å². The van der Waals surface area contributed by atoms with Crippen molar-refractivity contribution in [2.45, 2.75) is 64.7 Å². The molecule has 0 N–H and O–H groups in total. The second kappa shape index (κ2) is 13.6. The van der Waals surface area contributed by atoms with E-state index in [-0.39, 0.29) is 11.9 Å².